The van der Waals surface area contributed by atoms with Crippen LogP contribution >= 0.6 is 11.8 Å². The normalized spacial score (nSPS) is 15.7. The fourth-order valence-corrected chi connectivity index (χ4v) is 3.35. The van der Waals surface area contributed by atoms with Crippen molar-refractivity contribution in [1.29, 1.82) is 5.41 Å². The van der Waals surface area contributed by atoms with Gasteiger partial charge in [-0.15, -0.1) is 0 Å². The molecule has 3 rings (SSSR count). The van der Waals surface area contributed by atoms with Crippen molar-refractivity contribution in [3.05, 3.63) is 36.0 Å². The van der Waals surface area contributed by atoms with Crippen molar-refractivity contribution in [2.75, 3.05) is 29.5 Å². The largest absolute Gasteiger partial charge is 0.384 e. The Labute approximate surface area is 116 Å². The first-order valence-electron chi connectivity index (χ1n) is 6.32. The zero-order valence-electron chi connectivity index (χ0n) is 10.6. The highest BCUT2D eigenvalue weighted by atomic mass is 32.2. The third-order valence-electron chi connectivity index (χ3n) is 3.36. The van der Waals surface area contributed by atoms with Gasteiger partial charge in [0.1, 0.15) is 5.84 Å². The number of nitrogens with zero attached hydrogens (tertiary/aromatic N) is 2. The second-order valence-electron chi connectivity index (χ2n) is 4.55. The van der Waals surface area contributed by atoms with Crippen LogP contribution in [0.5, 0.6) is 0 Å². The van der Waals surface area contributed by atoms with Gasteiger partial charge in [-0.05, 0) is 6.07 Å². The van der Waals surface area contributed by atoms with E-state index in [0.717, 1.165) is 46.7 Å². The number of hydrogen-bond donors (Lipinski definition) is 2. The summed E-state index contributed by atoms with van der Waals surface area (Å²) in [5.41, 5.74) is 8.49. The SMILES string of the molecule is N=C(N)c1cnc2ccccc2c1N1CCSCC1. The molecule has 0 unspecified atom stereocenters. The molecule has 4 nitrogen and oxygen atoms in total. The Morgan fingerprint density at radius 3 is 2.74 bits per heavy atom. The molecule has 3 N–H and O–H groups in total. The van der Waals surface area contributed by atoms with Gasteiger partial charge in [0.2, 0.25) is 0 Å². The summed E-state index contributed by atoms with van der Waals surface area (Å²) in [7, 11) is 0. The molecule has 1 fully saturated rings. The second kappa shape index (κ2) is 5.09. The molecule has 98 valence electrons. The number of pyridine rings is 1. The number of amidine groups is 1. The van der Waals surface area contributed by atoms with E-state index < -0.39 is 0 Å². The Morgan fingerprint density at radius 2 is 2.00 bits per heavy atom. The quantitative estimate of drug-likeness (QED) is 0.649. The van der Waals surface area contributed by atoms with Crippen LogP contribution in [0.3, 0.4) is 0 Å². The molecule has 0 radical (unpaired) electrons. The summed E-state index contributed by atoms with van der Waals surface area (Å²) in [6.45, 7) is 2.00. The van der Waals surface area contributed by atoms with Crippen molar-refractivity contribution in [1.82, 2.24) is 4.98 Å². The highest BCUT2D eigenvalue weighted by Crippen LogP contribution is 2.31. The van der Waals surface area contributed by atoms with Crippen LogP contribution in [0.25, 0.3) is 10.9 Å². The number of fused-ring (bicyclic) bond motifs is 1. The molecular weight excluding hydrogens is 256 g/mol. The number of hydrogen-bond acceptors (Lipinski definition) is 4. The highest BCUT2D eigenvalue weighted by Gasteiger charge is 2.19. The van der Waals surface area contributed by atoms with Crippen molar-refractivity contribution in [2.45, 2.75) is 0 Å². The Bertz CT molecular complexity index is 620. The standard InChI is InChI=1S/C14H16N4S/c15-14(16)11-9-17-12-4-2-1-3-10(12)13(11)18-5-7-19-8-6-18/h1-4,9H,5-8H2,(H3,15,16). The summed E-state index contributed by atoms with van der Waals surface area (Å²) in [5.74, 6) is 2.33. The predicted molar refractivity (Wildman–Crippen MR) is 82.3 cm³/mol. The van der Waals surface area contributed by atoms with Crippen LogP contribution in [0, 0.1) is 5.41 Å². The molecule has 2 heterocycles. The molecule has 5 heteroatoms. The van der Waals surface area contributed by atoms with E-state index in [1.165, 1.54) is 0 Å². The number of benzene rings is 1. The number of para-hydroxylation sites is 1. The maximum Gasteiger partial charge on any atom is 0.126 e. The van der Waals surface area contributed by atoms with Crippen LogP contribution in [0.1, 0.15) is 5.56 Å². The van der Waals surface area contributed by atoms with Crippen LogP contribution in [-0.4, -0.2) is 35.4 Å². The highest BCUT2D eigenvalue weighted by molar-refractivity contribution is 7.99. The predicted octanol–water partition coefficient (Wildman–Crippen LogP) is 2.07. The molecule has 1 saturated heterocycles. The van der Waals surface area contributed by atoms with Gasteiger partial charge in [-0.3, -0.25) is 10.4 Å². The van der Waals surface area contributed by atoms with Crippen molar-refractivity contribution < 1.29 is 0 Å². The lowest BCUT2D eigenvalue weighted by Crippen LogP contribution is -2.34. The molecule has 1 aliphatic heterocycles. The molecule has 0 aliphatic carbocycles. The average molecular weight is 272 g/mol. The van der Waals surface area contributed by atoms with Gasteiger partial charge >= 0.3 is 0 Å². The fourth-order valence-electron chi connectivity index (χ4n) is 2.45. The number of rotatable bonds is 2. The lowest BCUT2D eigenvalue weighted by Gasteiger charge is -2.31. The molecule has 19 heavy (non-hydrogen) atoms. The van der Waals surface area contributed by atoms with E-state index in [-0.39, 0.29) is 5.84 Å². The molecule has 0 spiro atoms. The number of nitrogens with one attached hydrogen (secondary N) is 1. The van der Waals surface area contributed by atoms with Gasteiger partial charge in [0.15, 0.2) is 0 Å². The fraction of sp³-hybridized carbons (Fsp3) is 0.286. The summed E-state index contributed by atoms with van der Waals surface area (Å²) in [6.07, 6.45) is 1.72. The van der Waals surface area contributed by atoms with Gasteiger partial charge < -0.3 is 10.6 Å². The van der Waals surface area contributed by atoms with Gasteiger partial charge in [-0.1, -0.05) is 18.2 Å². The number of thioether (sulfide) groups is 1. The maximum atomic E-state index is 7.78. The Kier molecular flexibility index (Phi) is 3.29. The first kappa shape index (κ1) is 12.3. The summed E-state index contributed by atoms with van der Waals surface area (Å²) in [4.78, 5) is 6.74. The molecule has 0 amide bonds. The smallest absolute Gasteiger partial charge is 0.126 e. The van der Waals surface area contributed by atoms with Crippen LogP contribution in [0.2, 0.25) is 0 Å². The maximum absolute atomic E-state index is 7.78. The minimum Gasteiger partial charge on any atom is -0.384 e. The first-order valence-corrected chi connectivity index (χ1v) is 7.47. The third-order valence-corrected chi connectivity index (χ3v) is 4.31. The Balaban J connectivity index is 2.21. The van der Waals surface area contributed by atoms with Crippen LogP contribution in [0.4, 0.5) is 5.69 Å². The van der Waals surface area contributed by atoms with Gasteiger partial charge in [0, 0.05) is 36.2 Å². The molecular formula is C14H16N4S. The van der Waals surface area contributed by atoms with E-state index >= 15 is 0 Å². The summed E-state index contributed by atoms with van der Waals surface area (Å²) in [5, 5.41) is 8.86. The van der Waals surface area contributed by atoms with Crippen LogP contribution < -0.4 is 10.6 Å². The molecule has 1 aliphatic rings. The summed E-state index contributed by atoms with van der Waals surface area (Å²) >= 11 is 1.97. The minimum atomic E-state index is 0.0893. The van der Waals surface area contributed by atoms with Crippen molar-refractivity contribution in [2.24, 2.45) is 5.73 Å². The number of nitrogens with two attached hydrogens (primary N) is 1. The average Bonchev–Trinajstić information content (AvgIpc) is 2.46. The number of aromatic nitrogens is 1. The van der Waals surface area contributed by atoms with Gasteiger partial charge in [0.05, 0.1) is 16.8 Å². The molecule has 1 aromatic carbocycles. The van der Waals surface area contributed by atoms with Crippen LogP contribution in [0.15, 0.2) is 30.5 Å². The number of nitrogen functional groups attached to an aromatic ring is 1. The van der Waals surface area contributed by atoms with Crippen molar-refractivity contribution in [3.8, 4) is 0 Å². The second-order valence-corrected chi connectivity index (χ2v) is 5.78. The Hall–Kier alpha value is -1.75. The third kappa shape index (κ3) is 2.26. The van der Waals surface area contributed by atoms with Crippen molar-refractivity contribution >= 4 is 34.2 Å². The minimum absolute atomic E-state index is 0.0893. The van der Waals surface area contributed by atoms with E-state index in [1.54, 1.807) is 6.20 Å². The topological polar surface area (TPSA) is 66.0 Å². The molecule has 0 bridgehead atoms. The molecule has 1 aromatic heterocycles. The van der Waals surface area contributed by atoms with Gasteiger partial charge in [-0.2, -0.15) is 11.8 Å². The van der Waals surface area contributed by atoms with E-state index in [2.05, 4.69) is 16.0 Å². The van der Waals surface area contributed by atoms with Gasteiger partial charge in [0.25, 0.3) is 0 Å². The van der Waals surface area contributed by atoms with E-state index in [9.17, 15) is 0 Å². The van der Waals surface area contributed by atoms with E-state index in [4.69, 9.17) is 11.1 Å². The monoisotopic (exact) mass is 272 g/mol. The zero-order chi connectivity index (χ0) is 13.2. The molecule has 2 aromatic rings. The Morgan fingerprint density at radius 1 is 1.26 bits per heavy atom. The van der Waals surface area contributed by atoms with Crippen molar-refractivity contribution in [3.63, 3.8) is 0 Å². The van der Waals surface area contributed by atoms with Gasteiger partial charge in [-0.25, -0.2) is 0 Å². The number of anilines is 1. The lowest BCUT2D eigenvalue weighted by molar-refractivity contribution is 0.860. The molecule has 0 atom stereocenters. The summed E-state index contributed by atoms with van der Waals surface area (Å²) < 4.78 is 0. The van der Waals surface area contributed by atoms with Crippen LogP contribution in [-0.2, 0) is 0 Å². The zero-order valence-corrected chi connectivity index (χ0v) is 11.4. The van der Waals surface area contributed by atoms with E-state index in [1.807, 2.05) is 30.0 Å². The first-order chi connectivity index (χ1) is 9.27. The van der Waals surface area contributed by atoms with E-state index in [0.29, 0.717) is 0 Å². The lowest BCUT2D eigenvalue weighted by atomic mass is 10.1. The summed E-state index contributed by atoms with van der Waals surface area (Å²) in [6, 6.07) is 8.06. The molecule has 0 saturated carbocycles.